The van der Waals surface area contributed by atoms with Gasteiger partial charge in [-0.25, -0.2) is 0 Å². The second-order valence-electron chi connectivity index (χ2n) is 5.47. The summed E-state index contributed by atoms with van der Waals surface area (Å²) in [4.78, 5) is 0. The Morgan fingerprint density at radius 3 is 2.45 bits per heavy atom. The van der Waals surface area contributed by atoms with Crippen LogP contribution in [0.15, 0.2) is 54.6 Å². The van der Waals surface area contributed by atoms with Crippen LogP contribution < -0.4 is 5.73 Å². The lowest BCUT2D eigenvalue weighted by molar-refractivity contribution is 0.0359. The maximum Gasteiger partial charge on any atom is 0.0730 e. The summed E-state index contributed by atoms with van der Waals surface area (Å²) in [6, 6.07) is 19.1. The van der Waals surface area contributed by atoms with Crippen molar-refractivity contribution in [2.75, 3.05) is 0 Å². The van der Waals surface area contributed by atoms with Gasteiger partial charge in [0.05, 0.1) is 12.7 Å². The lowest BCUT2D eigenvalue weighted by Crippen LogP contribution is -2.31. The minimum atomic E-state index is 0.207. The van der Waals surface area contributed by atoms with Crippen LogP contribution in [-0.2, 0) is 11.3 Å². The first-order valence-electron chi connectivity index (χ1n) is 7.35. The van der Waals surface area contributed by atoms with E-state index in [0.717, 1.165) is 12.8 Å². The summed E-state index contributed by atoms with van der Waals surface area (Å²) >= 11 is 0. The van der Waals surface area contributed by atoms with E-state index >= 15 is 0 Å². The summed E-state index contributed by atoms with van der Waals surface area (Å²) in [6.45, 7) is 0.642. The summed E-state index contributed by atoms with van der Waals surface area (Å²) < 4.78 is 6.04. The number of benzene rings is 2. The zero-order valence-electron chi connectivity index (χ0n) is 11.7. The van der Waals surface area contributed by atoms with Gasteiger partial charge < -0.3 is 10.5 Å². The molecule has 0 radical (unpaired) electrons. The van der Waals surface area contributed by atoms with Gasteiger partial charge in [0.25, 0.3) is 0 Å². The van der Waals surface area contributed by atoms with E-state index in [1.807, 2.05) is 6.07 Å². The first-order chi connectivity index (χ1) is 9.84. The fourth-order valence-electron chi connectivity index (χ4n) is 2.90. The monoisotopic (exact) mass is 267 g/mol. The molecule has 0 bridgehead atoms. The van der Waals surface area contributed by atoms with Crippen LogP contribution in [0.25, 0.3) is 11.1 Å². The summed E-state index contributed by atoms with van der Waals surface area (Å²) in [5.74, 6) is 0. The second-order valence-corrected chi connectivity index (χ2v) is 5.47. The highest BCUT2D eigenvalue weighted by Crippen LogP contribution is 2.26. The second kappa shape index (κ2) is 6.21. The fraction of sp³-hybridized carbons (Fsp3) is 0.333. The van der Waals surface area contributed by atoms with E-state index in [4.69, 9.17) is 10.5 Å². The maximum atomic E-state index is 6.07. The SMILES string of the molecule is NC1CCCC1OCc1ccccc1-c1ccccc1. The average molecular weight is 267 g/mol. The third kappa shape index (κ3) is 2.92. The molecule has 1 aliphatic rings. The highest BCUT2D eigenvalue weighted by molar-refractivity contribution is 5.67. The number of hydrogen-bond donors (Lipinski definition) is 1. The molecular formula is C18H21NO. The molecule has 1 fully saturated rings. The van der Waals surface area contributed by atoms with Crippen LogP contribution in [0.4, 0.5) is 0 Å². The molecule has 2 aromatic carbocycles. The molecule has 0 heterocycles. The van der Waals surface area contributed by atoms with E-state index in [1.54, 1.807) is 0 Å². The molecule has 0 spiro atoms. The van der Waals surface area contributed by atoms with Gasteiger partial charge >= 0.3 is 0 Å². The molecular weight excluding hydrogens is 246 g/mol. The van der Waals surface area contributed by atoms with Crippen molar-refractivity contribution in [2.24, 2.45) is 5.73 Å². The van der Waals surface area contributed by atoms with Crippen molar-refractivity contribution in [3.8, 4) is 11.1 Å². The molecule has 0 aliphatic heterocycles. The van der Waals surface area contributed by atoms with Gasteiger partial charge in [-0.1, -0.05) is 54.6 Å². The number of hydrogen-bond acceptors (Lipinski definition) is 2. The molecule has 0 aromatic heterocycles. The molecule has 2 unspecified atom stereocenters. The predicted molar refractivity (Wildman–Crippen MR) is 82.3 cm³/mol. The summed E-state index contributed by atoms with van der Waals surface area (Å²) in [6.07, 6.45) is 3.59. The number of rotatable bonds is 4. The summed E-state index contributed by atoms with van der Waals surface area (Å²) in [5, 5.41) is 0. The summed E-state index contributed by atoms with van der Waals surface area (Å²) in [5.41, 5.74) is 9.79. The van der Waals surface area contributed by atoms with Crippen molar-refractivity contribution in [3.05, 3.63) is 60.2 Å². The molecule has 3 rings (SSSR count). The zero-order valence-corrected chi connectivity index (χ0v) is 11.7. The Kier molecular flexibility index (Phi) is 4.14. The Labute approximate surface area is 120 Å². The van der Waals surface area contributed by atoms with Crippen molar-refractivity contribution in [2.45, 2.75) is 38.0 Å². The Morgan fingerprint density at radius 1 is 0.950 bits per heavy atom. The molecule has 2 aromatic rings. The smallest absolute Gasteiger partial charge is 0.0730 e. The molecule has 1 saturated carbocycles. The molecule has 1 aliphatic carbocycles. The Hall–Kier alpha value is -1.64. The standard InChI is InChI=1S/C18H21NO/c19-17-11-6-12-18(17)20-13-15-9-4-5-10-16(15)14-7-2-1-3-8-14/h1-5,7-10,17-18H,6,11-13,19H2. The largest absolute Gasteiger partial charge is 0.372 e. The van der Waals surface area contributed by atoms with Crippen LogP contribution >= 0.6 is 0 Å². The fourth-order valence-corrected chi connectivity index (χ4v) is 2.90. The Balaban J connectivity index is 1.76. The van der Waals surface area contributed by atoms with Crippen molar-refractivity contribution >= 4 is 0 Å². The third-order valence-corrected chi connectivity index (χ3v) is 4.06. The third-order valence-electron chi connectivity index (χ3n) is 4.06. The minimum Gasteiger partial charge on any atom is -0.372 e. The van der Waals surface area contributed by atoms with Gasteiger partial charge in [0.1, 0.15) is 0 Å². The first kappa shape index (κ1) is 13.3. The molecule has 0 amide bonds. The van der Waals surface area contributed by atoms with Gasteiger partial charge in [-0.3, -0.25) is 0 Å². The van der Waals surface area contributed by atoms with Gasteiger partial charge in [0.15, 0.2) is 0 Å². The molecule has 2 heteroatoms. The van der Waals surface area contributed by atoms with Gasteiger partial charge in [0, 0.05) is 6.04 Å². The normalized spacial score (nSPS) is 22.1. The molecule has 2 nitrogen and oxygen atoms in total. The highest BCUT2D eigenvalue weighted by atomic mass is 16.5. The van der Waals surface area contributed by atoms with Crippen LogP contribution in [0.1, 0.15) is 24.8 Å². The van der Waals surface area contributed by atoms with E-state index in [-0.39, 0.29) is 12.1 Å². The van der Waals surface area contributed by atoms with Crippen LogP contribution in [0.3, 0.4) is 0 Å². The molecule has 2 atom stereocenters. The highest BCUT2D eigenvalue weighted by Gasteiger charge is 2.24. The van der Waals surface area contributed by atoms with E-state index < -0.39 is 0 Å². The van der Waals surface area contributed by atoms with E-state index in [1.165, 1.54) is 23.1 Å². The van der Waals surface area contributed by atoms with Crippen molar-refractivity contribution in [1.82, 2.24) is 0 Å². The van der Waals surface area contributed by atoms with Gasteiger partial charge in [0.2, 0.25) is 0 Å². The molecule has 0 saturated heterocycles. The quantitative estimate of drug-likeness (QED) is 0.915. The Morgan fingerprint density at radius 2 is 1.70 bits per heavy atom. The van der Waals surface area contributed by atoms with Gasteiger partial charge in [-0.05, 0) is 36.0 Å². The van der Waals surface area contributed by atoms with Crippen LogP contribution in [-0.4, -0.2) is 12.1 Å². The molecule has 2 N–H and O–H groups in total. The zero-order chi connectivity index (χ0) is 13.8. The number of nitrogens with two attached hydrogens (primary N) is 1. The molecule has 104 valence electrons. The van der Waals surface area contributed by atoms with Crippen LogP contribution in [0.2, 0.25) is 0 Å². The Bertz CT molecular complexity index is 552. The van der Waals surface area contributed by atoms with Gasteiger partial charge in [-0.15, -0.1) is 0 Å². The van der Waals surface area contributed by atoms with E-state index in [9.17, 15) is 0 Å². The van der Waals surface area contributed by atoms with Crippen molar-refractivity contribution in [3.63, 3.8) is 0 Å². The van der Waals surface area contributed by atoms with Crippen molar-refractivity contribution in [1.29, 1.82) is 0 Å². The van der Waals surface area contributed by atoms with Crippen LogP contribution in [0, 0.1) is 0 Å². The molecule has 20 heavy (non-hydrogen) atoms. The topological polar surface area (TPSA) is 35.2 Å². The van der Waals surface area contributed by atoms with Gasteiger partial charge in [-0.2, -0.15) is 0 Å². The maximum absolute atomic E-state index is 6.07. The van der Waals surface area contributed by atoms with Crippen molar-refractivity contribution < 1.29 is 4.74 Å². The summed E-state index contributed by atoms with van der Waals surface area (Å²) in [7, 11) is 0. The lowest BCUT2D eigenvalue weighted by Gasteiger charge is -2.18. The average Bonchev–Trinajstić information content (AvgIpc) is 2.92. The lowest BCUT2D eigenvalue weighted by atomic mass is 10.0. The predicted octanol–water partition coefficient (Wildman–Crippen LogP) is 3.75. The van der Waals surface area contributed by atoms with E-state index in [0.29, 0.717) is 6.61 Å². The number of ether oxygens (including phenoxy) is 1. The van der Waals surface area contributed by atoms with E-state index in [2.05, 4.69) is 48.5 Å². The minimum absolute atomic E-state index is 0.207. The first-order valence-corrected chi connectivity index (χ1v) is 7.35. The van der Waals surface area contributed by atoms with Crippen LogP contribution in [0.5, 0.6) is 0 Å².